The van der Waals surface area contributed by atoms with Gasteiger partial charge in [-0.15, -0.1) is 0 Å². The van der Waals surface area contributed by atoms with Gasteiger partial charge in [-0.3, -0.25) is 9.59 Å². The van der Waals surface area contributed by atoms with Gasteiger partial charge in [-0.2, -0.15) is 0 Å². The summed E-state index contributed by atoms with van der Waals surface area (Å²) in [6.45, 7) is 2.26. The number of H-pyrrole nitrogens is 1. The molecule has 0 saturated carbocycles. The van der Waals surface area contributed by atoms with Crippen LogP contribution in [0.25, 0.3) is 0 Å². The van der Waals surface area contributed by atoms with E-state index in [9.17, 15) is 9.59 Å². The van der Waals surface area contributed by atoms with E-state index < -0.39 is 5.60 Å². The third kappa shape index (κ3) is 2.55. The lowest BCUT2D eigenvalue weighted by molar-refractivity contribution is -0.136. The summed E-state index contributed by atoms with van der Waals surface area (Å²) in [6.07, 6.45) is 2.99. The maximum atomic E-state index is 12.8. The van der Waals surface area contributed by atoms with E-state index in [1.807, 2.05) is 30.3 Å². The third-order valence-electron chi connectivity index (χ3n) is 3.98. The Labute approximate surface area is 128 Å². The van der Waals surface area contributed by atoms with Crippen molar-refractivity contribution in [3.63, 3.8) is 0 Å². The molecular formula is C17H18N2O3. The summed E-state index contributed by atoms with van der Waals surface area (Å²) in [4.78, 5) is 26.8. The number of nitrogens with one attached hydrogen (secondary N) is 2. The molecule has 22 heavy (non-hydrogen) atoms. The molecule has 2 N–H and O–H groups in total. The molecule has 2 aromatic rings. The minimum absolute atomic E-state index is 0.159. The second-order valence-corrected chi connectivity index (χ2v) is 5.50. The van der Waals surface area contributed by atoms with E-state index in [1.165, 1.54) is 6.20 Å². The van der Waals surface area contributed by atoms with E-state index in [2.05, 4.69) is 10.3 Å². The molecule has 1 unspecified atom stereocenters. The topological polar surface area (TPSA) is 71.2 Å². The Morgan fingerprint density at radius 1 is 1.32 bits per heavy atom. The summed E-state index contributed by atoms with van der Waals surface area (Å²) in [5.41, 5.74) is 0.858. The number of aromatic nitrogens is 1. The van der Waals surface area contributed by atoms with Crippen molar-refractivity contribution in [1.82, 2.24) is 4.98 Å². The first-order valence-electron chi connectivity index (χ1n) is 7.32. The summed E-state index contributed by atoms with van der Waals surface area (Å²) in [7, 11) is 0. The van der Waals surface area contributed by atoms with Crippen LogP contribution >= 0.6 is 0 Å². The quantitative estimate of drug-likeness (QED) is 0.913. The zero-order valence-electron chi connectivity index (χ0n) is 12.4. The van der Waals surface area contributed by atoms with Crippen molar-refractivity contribution in [2.75, 3.05) is 11.9 Å². The molecule has 5 nitrogen and oxygen atoms in total. The minimum atomic E-state index is -0.953. The van der Waals surface area contributed by atoms with Crippen molar-refractivity contribution in [2.45, 2.75) is 25.4 Å². The van der Waals surface area contributed by atoms with Gasteiger partial charge in [-0.1, -0.05) is 30.3 Å². The Balaban J connectivity index is 1.91. The number of aryl methyl sites for hydroxylation is 1. The number of pyridine rings is 1. The molecular weight excluding hydrogens is 280 g/mol. The zero-order chi connectivity index (χ0) is 15.6. The number of aromatic amines is 1. The summed E-state index contributed by atoms with van der Waals surface area (Å²) in [6, 6.07) is 11.2. The Kier molecular flexibility index (Phi) is 3.81. The number of ether oxygens (including phenoxy) is 1. The van der Waals surface area contributed by atoms with E-state index in [0.29, 0.717) is 24.3 Å². The molecule has 1 atom stereocenters. The first-order valence-corrected chi connectivity index (χ1v) is 7.32. The normalized spacial score (nSPS) is 20.8. The standard InChI is InChI=1S/C17H18N2O3/c1-12-10-14(11-18-15(12)20)19-16(21)17(8-5-9-22-17)13-6-3-2-4-7-13/h2-4,6-7,10-11H,5,8-9H2,1H3,(H,18,20)(H,19,21). The van der Waals surface area contributed by atoms with Gasteiger partial charge in [0.15, 0.2) is 5.60 Å². The molecule has 1 fully saturated rings. The first-order chi connectivity index (χ1) is 10.6. The number of hydrogen-bond donors (Lipinski definition) is 2. The zero-order valence-corrected chi connectivity index (χ0v) is 12.4. The van der Waals surface area contributed by atoms with Gasteiger partial charge in [0.1, 0.15) is 0 Å². The number of carbonyl (C=O) groups excluding carboxylic acids is 1. The van der Waals surface area contributed by atoms with Crippen LogP contribution in [0.2, 0.25) is 0 Å². The molecule has 0 spiro atoms. The van der Waals surface area contributed by atoms with Crippen LogP contribution in [0.4, 0.5) is 5.69 Å². The van der Waals surface area contributed by atoms with Crippen LogP contribution in [0.3, 0.4) is 0 Å². The van der Waals surface area contributed by atoms with E-state index in [1.54, 1.807) is 13.0 Å². The second-order valence-electron chi connectivity index (χ2n) is 5.50. The molecule has 5 heteroatoms. The SMILES string of the molecule is Cc1cc(NC(=O)C2(c3ccccc3)CCCO2)c[nH]c1=O. The highest BCUT2D eigenvalue weighted by molar-refractivity contribution is 5.98. The maximum absolute atomic E-state index is 12.8. The number of rotatable bonds is 3. The van der Waals surface area contributed by atoms with Crippen molar-refractivity contribution in [3.8, 4) is 0 Å². The van der Waals surface area contributed by atoms with E-state index in [0.717, 1.165) is 12.0 Å². The lowest BCUT2D eigenvalue weighted by Gasteiger charge is -2.27. The molecule has 1 aliphatic heterocycles. The largest absolute Gasteiger partial charge is 0.360 e. The van der Waals surface area contributed by atoms with Gasteiger partial charge in [0.25, 0.3) is 11.5 Å². The molecule has 114 valence electrons. The number of hydrogen-bond acceptors (Lipinski definition) is 3. The Morgan fingerprint density at radius 3 is 2.73 bits per heavy atom. The highest BCUT2D eigenvalue weighted by Crippen LogP contribution is 2.37. The molecule has 2 heterocycles. The van der Waals surface area contributed by atoms with Gasteiger partial charge < -0.3 is 15.0 Å². The van der Waals surface area contributed by atoms with Crippen LogP contribution in [-0.4, -0.2) is 17.5 Å². The van der Waals surface area contributed by atoms with Crippen LogP contribution in [0, 0.1) is 6.92 Å². The van der Waals surface area contributed by atoms with Crippen LogP contribution in [0.1, 0.15) is 24.0 Å². The molecule has 1 aromatic heterocycles. The number of amides is 1. The van der Waals surface area contributed by atoms with Gasteiger partial charge in [0.2, 0.25) is 0 Å². The van der Waals surface area contributed by atoms with Crippen molar-refractivity contribution in [2.24, 2.45) is 0 Å². The van der Waals surface area contributed by atoms with Crippen molar-refractivity contribution in [3.05, 3.63) is 64.1 Å². The van der Waals surface area contributed by atoms with Crippen molar-refractivity contribution < 1.29 is 9.53 Å². The van der Waals surface area contributed by atoms with Gasteiger partial charge in [-0.05, 0) is 31.4 Å². The van der Waals surface area contributed by atoms with Crippen LogP contribution in [0.15, 0.2) is 47.4 Å². The Bertz CT molecular complexity index is 731. The van der Waals surface area contributed by atoms with Crippen molar-refractivity contribution >= 4 is 11.6 Å². The summed E-state index contributed by atoms with van der Waals surface area (Å²) < 4.78 is 5.83. The van der Waals surface area contributed by atoms with Gasteiger partial charge in [-0.25, -0.2) is 0 Å². The summed E-state index contributed by atoms with van der Waals surface area (Å²) >= 11 is 0. The van der Waals surface area contributed by atoms with Crippen LogP contribution in [-0.2, 0) is 15.1 Å². The fraction of sp³-hybridized carbons (Fsp3) is 0.294. The van der Waals surface area contributed by atoms with E-state index in [-0.39, 0.29) is 11.5 Å². The highest BCUT2D eigenvalue weighted by Gasteiger charge is 2.44. The van der Waals surface area contributed by atoms with E-state index >= 15 is 0 Å². The second kappa shape index (κ2) is 5.77. The Morgan fingerprint density at radius 2 is 2.09 bits per heavy atom. The molecule has 1 amide bonds. The van der Waals surface area contributed by atoms with Gasteiger partial charge in [0, 0.05) is 18.4 Å². The predicted octanol–water partition coefficient (Wildman–Crippen LogP) is 2.33. The molecule has 1 saturated heterocycles. The fourth-order valence-electron chi connectivity index (χ4n) is 2.79. The fourth-order valence-corrected chi connectivity index (χ4v) is 2.79. The lowest BCUT2D eigenvalue weighted by atomic mass is 9.90. The molecule has 0 aliphatic carbocycles. The predicted molar refractivity (Wildman–Crippen MR) is 83.7 cm³/mol. The lowest BCUT2D eigenvalue weighted by Crippen LogP contribution is -2.39. The molecule has 0 bridgehead atoms. The van der Waals surface area contributed by atoms with Crippen LogP contribution < -0.4 is 10.9 Å². The first kappa shape index (κ1) is 14.5. The number of carbonyl (C=O) groups is 1. The Hall–Kier alpha value is -2.40. The van der Waals surface area contributed by atoms with Crippen LogP contribution in [0.5, 0.6) is 0 Å². The van der Waals surface area contributed by atoms with Crippen molar-refractivity contribution in [1.29, 1.82) is 0 Å². The molecule has 1 aromatic carbocycles. The van der Waals surface area contributed by atoms with Gasteiger partial charge in [0.05, 0.1) is 5.69 Å². The summed E-state index contributed by atoms with van der Waals surface area (Å²) in [5.74, 6) is -0.206. The average molecular weight is 298 g/mol. The average Bonchev–Trinajstić information content (AvgIpc) is 3.03. The number of anilines is 1. The monoisotopic (exact) mass is 298 g/mol. The maximum Gasteiger partial charge on any atom is 0.261 e. The molecule has 1 aliphatic rings. The molecule has 3 rings (SSSR count). The van der Waals surface area contributed by atoms with E-state index in [4.69, 9.17) is 4.74 Å². The minimum Gasteiger partial charge on any atom is -0.360 e. The summed E-state index contributed by atoms with van der Waals surface area (Å²) in [5, 5.41) is 2.86. The number of benzene rings is 1. The van der Waals surface area contributed by atoms with Gasteiger partial charge >= 0.3 is 0 Å². The smallest absolute Gasteiger partial charge is 0.261 e. The molecule has 0 radical (unpaired) electrons. The highest BCUT2D eigenvalue weighted by atomic mass is 16.5. The third-order valence-corrected chi connectivity index (χ3v) is 3.98.